The lowest BCUT2D eigenvalue weighted by Crippen LogP contribution is -2.43. The zero-order valence-electron chi connectivity index (χ0n) is 11.6. The van der Waals surface area contributed by atoms with E-state index in [-0.39, 0.29) is 0 Å². The molecule has 0 aromatic carbocycles. The van der Waals surface area contributed by atoms with Crippen LogP contribution in [0.25, 0.3) is 0 Å². The van der Waals surface area contributed by atoms with E-state index in [1.807, 2.05) is 0 Å². The molecule has 0 saturated heterocycles. The molecule has 0 bridgehead atoms. The first-order valence-electron chi connectivity index (χ1n) is 6.90. The lowest BCUT2D eigenvalue weighted by molar-refractivity contribution is 0.122. The fourth-order valence-corrected chi connectivity index (χ4v) is 2.81. The number of likely N-dealkylation sites (N-methyl/N-ethyl adjacent to an activating group) is 1. The molecule has 0 heterocycles. The predicted molar refractivity (Wildman–Crippen MR) is 71.6 cm³/mol. The van der Waals surface area contributed by atoms with Crippen molar-refractivity contribution in [3.63, 3.8) is 0 Å². The first-order valence-corrected chi connectivity index (χ1v) is 6.90. The van der Waals surface area contributed by atoms with Crippen LogP contribution in [0.4, 0.5) is 0 Å². The van der Waals surface area contributed by atoms with E-state index in [9.17, 15) is 0 Å². The van der Waals surface area contributed by atoms with E-state index < -0.39 is 0 Å². The lowest BCUT2D eigenvalue weighted by atomic mass is 9.75. The van der Waals surface area contributed by atoms with Gasteiger partial charge in [0.15, 0.2) is 0 Å². The number of rotatable bonds is 5. The van der Waals surface area contributed by atoms with Gasteiger partial charge in [0, 0.05) is 18.6 Å². The summed E-state index contributed by atoms with van der Waals surface area (Å²) in [4.78, 5) is 2.50. The molecule has 2 nitrogen and oxygen atoms in total. The molecule has 0 amide bonds. The molecule has 0 aromatic heterocycles. The maximum absolute atomic E-state index is 6.10. The molecular weight excluding hydrogens is 196 g/mol. The fraction of sp³-hybridized carbons (Fsp3) is 1.00. The van der Waals surface area contributed by atoms with Crippen LogP contribution in [0.5, 0.6) is 0 Å². The number of nitrogens with zero attached hydrogens (tertiary/aromatic N) is 1. The van der Waals surface area contributed by atoms with Crippen molar-refractivity contribution in [3.8, 4) is 0 Å². The van der Waals surface area contributed by atoms with Crippen molar-refractivity contribution < 1.29 is 0 Å². The van der Waals surface area contributed by atoms with Crippen molar-refractivity contribution in [2.75, 3.05) is 13.6 Å². The second-order valence-corrected chi connectivity index (χ2v) is 6.38. The number of nitrogens with two attached hydrogens (primary N) is 1. The average molecular weight is 226 g/mol. The summed E-state index contributed by atoms with van der Waals surface area (Å²) < 4.78 is 0. The predicted octanol–water partition coefficient (Wildman–Crippen LogP) is 3.01. The molecule has 0 spiro atoms. The minimum absolute atomic E-state index is 0.366. The molecule has 1 aliphatic carbocycles. The molecule has 2 heteroatoms. The van der Waals surface area contributed by atoms with Gasteiger partial charge in [-0.2, -0.15) is 0 Å². The first-order chi connectivity index (χ1) is 7.44. The Labute approximate surface area is 102 Å². The molecule has 96 valence electrons. The third-order valence-electron chi connectivity index (χ3n) is 4.11. The third kappa shape index (κ3) is 4.42. The third-order valence-corrected chi connectivity index (χ3v) is 4.11. The zero-order valence-corrected chi connectivity index (χ0v) is 11.6. The van der Waals surface area contributed by atoms with Crippen LogP contribution >= 0.6 is 0 Å². The highest BCUT2D eigenvalue weighted by Gasteiger charge is 2.28. The molecule has 0 radical (unpaired) electrons. The van der Waals surface area contributed by atoms with Crippen LogP contribution in [0.3, 0.4) is 0 Å². The van der Waals surface area contributed by atoms with Crippen molar-refractivity contribution in [2.24, 2.45) is 11.1 Å². The zero-order chi connectivity index (χ0) is 12.2. The summed E-state index contributed by atoms with van der Waals surface area (Å²) >= 11 is 0. The van der Waals surface area contributed by atoms with E-state index in [1.165, 1.54) is 32.1 Å². The van der Waals surface area contributed by atoms with Crippen LogP contribution in [0.15, 0.2) is 0 Å². The van der Waals surface area contributed by atoms with Gasteiger partial charge in [0.05, 0.1) is 0 Å². The summed E-state index contributed by atoms with van der Waals surface area (Å²) in [6.07, 6.45) is 7.79. The average Bonchev–Trinajstić information content (AvgIpc) is 2.17. The molecule has 1 aliphatic rings. The van der Waals surface area contributed by atoms with E-state index in [0.717, 1.165) is 19.0 Å². The Hall–Kier alpha value is -0.0800. The van der Waals surface area contributed by atoms with Crippen molar-refractivity contribution in [1.29, 1.82) is 0 Å². The van der Waals surface area contributed by atoms with Crippen molar-refractivity contribution in [1.82, 2.24) is 4.90 Å². The van der Waals surface area contributed by atoms with E-state index >= 15 is 0 Å². The summed E-state index contributed by atoms with van der Waals surface area (Å²) in [5.74, 6) is 0. The Bertz CT molecular complexity index is 191. The van der Waals surface area contributed by atoms with Gasteiger partial charge in [-0.25, -0.2) is 0 Å². The Kier molecular flexibility index (Phi) is 5.26. The quantitative estimate of drug-likeness (QED) is 0.781. The topological polar surface area (TPSA) is 29.3 Å². The lowest BCUT2D eigenvalue weighted by Gasteiger charge is -2.39. The summed E-state index contributed by atoms with van der Waals surface area (Å²) in [5.41, 5.74) is 6.68. The highest BCUT2D eigenvalue weighted by molar-refractivity contribution is 4.83. The van der Waals surface area contributed by atoms with Crippen LogP contribution in [0, 0.1) is 5.41 Å². The van der Waals surface area contributed by atoms with Crippen LogP contribution in [0.1, 0.15) is 59.3 Å². The summed E-state index contributed by atoms with van der Waals surface area (Å²) in [5, 5.41) is 0. The van der Waals surface area contributed by atoms with Gasteiger partial charge in [-0.15, -0.1) is 0 Å². The van der Waals surface area contributed by atoms with Gasteiger partial charge in [-0.05, 0) is 44.6 Å². The van der Waals surface area contributed by atoms with Crippen LogP contribution in [-0.4, -0.2) is 30.6 Å². The molecule has 0 aromatic rings. The number of hydrogen-bond acceptors (Lipinski definition) is 2. The van der Waals surface area contributed by atoms with Crippen LogP contribution < -0.4 is 5.73 Å². The monoisotopic (exact) mass is 226 g/mol. The molecule has 2 N–H and O–H groups in total. The molecule has 1 unspecified atom stereocenters. The SMILES string of the molecule is CCCC(N)CN(C)C1CCC(C)(C)CC1. The first kappa shape index (κ1) is 14.0. The normalized spacial score (nSPS) is 23.6. The van der Waals surface area contributed by atoms with E-state index in [2.05, 4.69) is 32.7 Å². The smallest absolute Gasteiger partial charge is 0.0167 e. The van der Waals surface area contributed by atoms with E-state index in [4.69, 9.17) is 5.73 Å². The second-order valence-electron chi connectivity index (χ2n) is 6.38. The summed E-state index contributed by atoms with van der Waals surface area (Å²) in [7, 11) is 2.25. The van der Waals surface area contributed by atoms with Crippen LogP contribution in [-0.2, 0) is 0 Å². The van der Waals surface area contributed by atoms with Gasteiger partial charge in [-0.3, -0.25) is 0 Å². The fourth-order valence-electron chi connectivity index (χ4n) is 2.81. The Morgan fingerprint density at radius 1 is 1.31 bits per heavy atom. The summed E-state index contributed by atoms with van der Waals surface area (Å²) in [6, 6.07) is 1.14. The van der Waals surface area contributed by atoms with Gasteiger partial charge in [0.2, 0.25) is 0 Å². The maximum Gasteiger partial charge on any atom is 0.0167 e. The minimum atomic E-state index is 0.366. The number of hydrogen-bond donors (Lipinski definition) is 1. The van der Waals surface area contributed by atoms with Crippen molar-refractivity contribution in [2.45, 2.75) is 71.4 Å². The van der Waals surface area contributed by atoms with Gasteiger partial charge in [0.1, 0.15) is 0 Å². The molecule has 1 atom stereocenters. The molecule has 16 heavy (non-hydrogen) atoms. The molecule has 1 saturated carbocycles. The highest BCUT2D eigenvalue weighted by atomic mass is 15.1. The van der Waals surface area contributed by atoms with Gasteiger partial charge in [-0.1, -0.05) is 27.2 Å². The van der Waals surface area contributed by atoms with Crippen molar-refractivity contribution in [3.05, 3.63) is 0 Å². The Morgan fingerprint density at radius 3 is 2.38 bits per heavy atom. The van der Waals surface area contributed by atoms with E-state index in [0.29, 0.717) is 11.5 Å². The minimum Gasteiger partial charge on any atom is -0.327 e. The summed E-state index contributed by atoms with van der Waals surface area (Å²) in [6.45, 7) is 8.07. The Morgan fingerprint density at radius 2 is 1.88 bits per heavy atom. The van der Waals surface area contributed by atoms with Gasteiger partial charge < -0.3 is 10.6 Å². The Balaban J connectivity index is 2.30. The van der Waals surface area contributed by atoms with Gasteiger partial charge >= 0.3 is 0 Å². The maximum atomic E-state index is 6.10. The van der Waals surface area contributed by atoms with Crippen LogP contribution in [0.2, 0.25) is 0 Å². The second kappa shape index (κ2) is 6.02. The van der Waals surface area contributed by atoms with E-state index in [1.54, 1.807) is 0 Å². The highest BCUT2D eigenvalue weighted by Crippen LogP contribution is 2.36. The van der Waals surface area contributed by atoms with Crippen molar-refractivity contribution >= 4 is 0 Å². The molecule has 1 fully saturated rings. The molecular formula is C14H30N2. The van der Waals surface area contributed by atoms with Gasteiger partial charge in [0.25, 0.3) is 0 Å². The molecule has 0 aliphatic heterocycles. The largest absolute Gasteiger partial charge is 0.327 e. The molecule has 1 rings (SSSR count). The standard InChI is InChI=1S/C14H30N2/c1-5-6-12(15)11-16(4)13-7-9-14(2,3)10-8-13/h12-13H,5-11,15H2,1-4H3.